The number of hydrogen-bond acceptors (Lipinski definition) is 0. The third-order valence-electron chi connectivity index (χ3n) is 9.38. The molecule has 0 amide bonds. The molecule has 0 saturated heterocycles. The van der Waals surface area contributed by atoms with Gasteiger partial charge < -0.3 is 0 Å². The van der Waals surface area contributed by atoms with Crippen LogP contribution in [-0.2, 0) is 36.2 Å². The molecular formula is C48H48SiZr. The zero-order valence-electron chi connectivity index (χ0n) is 30.1. The van der Waals surface area contributed by atoms with Crippen molar-refractivity contribution < 1.29 is 23.3 Å². The van der Waals surface area contributed by atoms with Gasteiger partial charge in [0, 0.05) is 0 Å². The van der Waals surface area contributed by atoms with Crippen LogP contribution in [0.2, 0.25) is 13.1 Å². The molecule has 0 atom stereocenters. The summed E-state index contributed by atoms with van der Waals surface area (Å²) < 4.78 is 0. The van der Waals surface area contributed by atoms with Gasteiger partial charge in [-0.15, -0.1) is 69.1 Å². The van der Waals surface area contributed by atoms with E-state index >= 15 is 0 Å². The van der Waals surface area contributed by atoms with Crippen LogP contribution >= 0.6 is 0 Å². The quantitative estimate of drug-likeness (QED) is 0.107. The fraction of sp³-hybridized carbons (Fsp3) is 0.208. The molecular weight excluding hydrogens is 696 g/mol. The SMILES string of the molecule is CCCCc1cc2c(-c3ccc4ccccc4c3)cccc2[cH-]1.CCCCc1cc2c(-c3ccc4ccccc4c3)cccc2[cH-]1.C[Si](C)=[Zr+2]. The summed E-state index contributed by atoms with van der Waals surface area (Å²) in [5, 5.41) is 10.7. The number of benzene rings is 6. The molecule has 50 heavy (non-hydrogen) atoms. The van der Waals surface area contributed by atoms with Gasteiger partial charge in [-0.1, -0.05) is 136 Å². The van der Waals surface area contributed by atoms with Crippen molar-refractivity contribution in [3.8, 4) is 22.3 Å². The zero-order valence-corrected chi connectivity index (χ0v) is 33.6. The maximum absolute atomic E-state index is 2.38. The molecule has 2 heteroatoms. The van der Waals surface area contributed by atoms with Crippen LogP contribution in [0.4, 0.5) is 0 Å². The van der Waals surface area contributed by atoms with E-state index in [9.17, 15) is 0 Å². The zero-order chi connectivity index (χ0) is 34.9. The van der Waals surface area contributed by atoms with Crippen LogP contribution in [0.15, 0.2) is 146 Å². The summed E-state index contributed by atoms with van der Waals surface area (Å²) in [7, 11) is 0. The molecule has 0 N–H and O–H groups in total. The van der Waals surface area contributed by atoms with Crippen molar-refractivity contribution in [1.29, 1.82) is 0 Å². The summed E-state index contributed by atoms with van der Waals surface area (Å²) in [6, 6.07) is 53.5. The topological polar surface area (TPSA) is 0 Å². The predicted octanol–water partition coefficient (Wildman–Crippen LogP) is 14.2. The molecule has 0 spiro atoms. The first-order valence-electron chi connectivity index (χ1n) is 18.3. The Kier molecular flexibility index (Phi) is 12.5. The van der Waals surface area contributed by atoms with Gasteiger partial charge in [-0.3, -0.25) is 0 Å². The minimum atomic E-state index is 0.210. The standard InChI is InChI=1S/2C23H21.C2H6Si.Zr/c2*1-2-3-7-17-14-20-10-6-11-22(23(20)15-17)21-13-12-18-8-4-5-9-19(18)16-21;1-3-2;/h2*4-6,8-16H,2-3,7H2,1H3;1-2H3;/q2*-1;;+2. The number of unbranched alkanes of at least 4 members (excludes halogenated alkanes) is 2. The summed E-state index contributed by atoms with van der Waals surface area (Å²) in [6.45, 7) is 9.12. The van der Waals surface area contributed by atoms with Crippen LogP contribution in [-0.4, -0.2) is 5.43 Å². The van der Waals surface area contributed by atoms with Gasteiger partial charge in [-0.05, 0) is 57.6 Å². The second-order valence-corrected chi connectivity index (χ2v) is 23.0. The van der Waals surface area contributed by atoms with E-state index in [1.54, 1.807) is 23.3 Å². The summed E-state index contributed by atoms with van der Waals surface area (Å²) in [6.07, 6.45) is 7.39. The van der Waals surface area contributed by atoms with Gasteiger partial charge in [0.1, 0.15) is 0 Å². The molecule has 0 nitrogen and oxygen atoms in total. The number of hydrogen-bond donors (Lipinski definition) is 0. The Labute approximate surface area is 314 Å². The third kappa shape index (κ3) is 8.90. The first-order valence-corrected chi connectivity index (χ1v) is 24.5. The number of aryl methyl sites for hydroxylation is 2. The van der Waals surface area contributed by atoms with Crippen molar-refractivity contribution in [2.45, 2.75) is 65.5 Å². The summed E-state index contributed by atoms with van der Waals surface area (Å²) in [5.74, 6) is 0. The molecule has 8 aromatic rings. The van der Waals surface area contributed by atoms with Crippen molar-refractivity contribution in [3.05, 3.63) is 157 Å². The number of rotatable bonds is 8. The van der Waals surface area contributed by atoms with Crippen LogP contribution in [0.1, 0.15) is 50.7 Å². The van der Waals surface area contributed by atoms with E-state index in [-0.39, 0.29) is 5.43 Å². The van der Waals surface area contributed by atoms with Crippen LogP contribution in [0.5, 0.6) is 0 Å². The summed E-state index contributed by atoms with van der Waals surface area (Å²) >= 11 is 1.74. The molecule has 0 unspecified atom stereocenters. The molecule has 0 aliphatic carbocycles. The van der Waals surface area contributed by atoms with E-state index in [1.165, 1.54) is 115 Å². The average Bonchev–Trinajstić information content (AvgIpc) is 3.76. The second kappa shape index (κ2) is 17.4. The Morgan fingerprint density at radius 2 is 0.880 bits per heavy atom. The maximum atomic E-state index is 2.38. The Bertz CT molecular complexity index is 2190. The normalized spacial score (nSPS) is 11.0. The van der Waals surface area contributed by atoms with Gasteiger partial charge in [0.25, 0.3) is 0 Å². The first-order chi connectivity index (χ1) is 24.4. The molecule has 0 heterocycles. The fourth-order valence-corrected chi connectivity index (χ4v) is 6.86. The van der Waals surface area contributed by atoms with E-state index in [2.05, 4.69) is 173 Å². The molecule has 248 valence electrons. The van der Waals surface area contributed by atoms with Gasteiger partial charge in [0.2, 0.25) is 0 Å². The monoisotopic (exact) mass is 742 g/mol. The first kappa shape index (κ1) is 36.0. The molecule has 0 bridgehead atoms. The van der Waals surface area contributed by atoms with Crippen molar-refractivity contribution in [2.24, 2.45) is 0 Å². The fourth-order valence-electron chi connectivity index (χ4n) is 6.86. The van der Waals surface area contributed by atoms with Crippen LogP contribution in [0.3, 0.4) is 0 Å². The van der Waals surface area contributed by atoms with Crippen molar-refractivity contribution in [2.75, 3.05) is 0 Å². The van der Waals surface area contributed by atoms with E-state index in [0.717, 1.165) is 0 Å². The molecule has 0 fully saturated rings. The van der Waals surface area contributed by atoms with Gasteiger partial charge in [-0.2, -0.15) is 12.1 Å². The summed E-state index contributed by atoms with van der Waals surface area (Å²) in [4.78, 5) is 0. The van der Waals surface area contributed by atoms with E-state index < -0.39 is 0 Å². The van der Waals surface area contributed by atoms with Gasteiger partial charge in [-0.25, -0.2) is 0 Å². The Balaban J connectivity index is 0.000000156. The van der Waals surface area contributed by atoms with Crippen molar-refractivity contribution in [3.63, 3.8) is 0 Å². The van der Waals surface area contributed by atoms with Crippen molar-refractivity contribution in [1.82, 2.24) is 0 Å². The third-order valence-corrected chi connectivity index (χ3v) is 9.38. The minimum absolute atomic E-state index is 0.210. The van der Waals surface area contributed by atoms with Crippen LogP contribution in [0.25, 0.3) is 65.3 Å². The second-order valence-electron chi connectivity index (χ2n) is 13.7. The van der Waals surface area contributed by atoms with Crippen molar-refractivity contribution >= 4 is 48.5 Å². The van der Waals surface area contributed by atoms with E-state index in [4.69, 9.17) is 0 Å². The van der Waals surface area contributed by atoms with Gasteiger partial charge >= 0.3 is 41.9 Å². The molecule has 0 aliphatic heterocycles. The molecule has 8 aromatic carbocycles. The molecule has 0 saturated carbocycles. The number of fused-ring (bicyclic) bond motifs is 4. The van der Waals surface area contributed by atoms with E-state index in [1.807, 2.05) is 0 Å². The Morgan fingerprint density at radius 3 is 1.28 bits per heavy atom. The molecule has 8 rings (SSSR count). The van der Waals surface area contributed by atoms with Crippen LogP contribution < -0.4 is 0 Å². The van der Waals surface area contributed by atoms with Gasteiger partial charge in [0.15, 0.2) is 0 Å². The van der Waals surface area contributed by atoms with Crippen LogP contribution in [0, 0.1) is 0 Å². The molecule has 0 aromatic heterocycles. The van der Waals surface area contributed by atoms with Gasteiger partial charge in [0.05, 0.1) is 0 Å². The average molecular weight is 744 g/mol. The Morgan fingerprint density at radius 1 is 0.480 bits per heavy atom. The summed E-state index contributed by atoms with van der Waals surface area (Å²) in [5.41, 5.74) is 8.45. The predicted molar refractivity (Wildman–Crippen MR) is 220 cm³/mol. The molecule has 0 aliphatic rings. The molecule has 0 radical (unpaired) electrons. The Hall–Kier alpha value is -3.84. The van der Waals surface area contributed by atoms with E-state index in [0.29, 0.717) is 0 Å².